The summed E-state index contributed by atoms with van der Waals surface area (Å²) >= 11 is 0. The molecule has 0 bridgehead atoms. The van der Waals surface area contributed by atoms with Crippen molar-refractivity contribution in [1.82, 2.24) is 4.90 Å². The van der Waals surface area contributed by atoms with Crippen LogP contribution in [-0.2, 0) is 12.8 Å². The second kappa shape index (κ2) is 6.44. The molecular weight excluding hydrogens is 246 g/mol. The molecule has 0 aliphatic heterocycles. The second-order valence-corrected chi connectivity index (χ2v) is 5.25. The van der Waals surface area contributed by atoms with Gasteiger partial charge in [-0.2, -0.15) is 0 Å². The smallest absolute Gasteiger partial charge is 0.122 e. The SMILES string of the molecule is COc1cccc2c1CCC(N(C)C(C)C)C2.Cl. The molecule has 0 spiro atoms. The maximum atomic E-state index is 5.44. The van der Waals surface area contributed by atoms with Crippen LogP contribution in [-0.4, -0.2) is 31.1 Å². The lowest BCUT2D eigenvalue weighted by molar-refractivity contribution is 0.178. The van der Waals surface area contributed by atoms with E-state index in [9.17, 15) is 0 Å². The van der Waals surface area contributed by atoms with E-state index in [4.69, 9.17) is 4.74 Å². The summed E-state index contributed by atoms with van der Waals surface area (Å²) in [6.07, 6.45) is 3.53. The molecule has 0 saturated heterocycles. The minimum Gasteiger partial charge on any atom is -0.496 e. The van der Waals surface area contributed by atoms with Crippen LogP contribution < -0.4 is 4.74 Å². The van der Waals surface area contributed by atoms with Gasteiger partial charge in [0.05, 0.1) is 7.11 Å². The van der Waals surface area contributed by atoms with Crippen molar-refractivity contribution in [2.75, 3.05) is 14.2 Å². The molecule has 2 nitrogen and oxygen atoms in total. The number of halogens is 1. The van der Waals surface area contributed by atoms with Crippen molar-refractivity contribution < 1.29 is 4.74 Å². The lowest BCUT2D eigenvalue weighted by Crippen LogP contribution is -2.40. The number of benzene rings is 1. The number of ether oxygens (including phenoxy) is 1. The molecule has 0 aromatic heterocycles. The Kier molecular flexibility index (Phi) is 5.48. The maximum absolute atomic E-state index is 5.44. The maximum Gasteiger partial charge on any atom is 0.122 e. The molecule has 1 aliphatic rings. The van der Waals surface area contributed by atoms with Gasteiger partial charge in [0.25, 0.3) is 0 Å². The number of hydrogen-bond donors (Lipinski definition) is 0. The molecule has 18 heavy (non-hydrogen) atoms. The highest BCUT2D eigenvalue weighted by atomic mass is 35.5. The van der Waals surface area contributed by atoms with Crippen LogP contribution in [0, 0.1) is 0 Å². The first-order valence-electron chi connectivity index (χ1n) is 6.50. The molecule has 0 saturated carbocycles. The number of rotatable bonds is 3. The Labute approximate surface area is 117 Å². The third kappa shape index (κ3) is 2.99. The highest BCUT2D eigenvalue weighted by molar-refractivity contribution is 5.85. The van der Waals surface area contributed by atoms with Gasteiger partial charge in [-0.3, -0.25) is 0 Å². The van der Waals surface area contributed by atoms with E-state index in [1.165, 1.54) is 17.5 Å². The summed E-state index contributed by atoms with van der Waals surface area (Å²) in [6, 6.07) is 7.72. The predicted octanol–water partition coefficient (Wildman–Crippen LogP) is 3.31. The molecule has 1 atom stereocenters. The summed E-state index contributed by atoms with van der Waals surface area (Å²) in [5.74, 6) is 1.06. The van der Waals surface area contributed by atoms with Gasteiger partial charge in [0.2, 0.25) is 0 Å². The summed E-state index contributed by atoms with van der Waals surface area (Å²) < 4.78 is 5.44. The minimum atomic E-state index is 0. The van der Waals surface area contributed by atoms with Gasteiger partial charge in [0, 0.05) is 12.1 Å². The van der Waals surface area contributed by atoms with Crippen LogP contribution in [0.25, 0.3) is 0 Å². The molecule has 1 aromatic carbocycles. The van der Waals surface area contributed by atoms with Crippen molar-refractivity contribution in [3.63, 3.8) is 0 Å². The summed E-state index contributed by atoms with van der Waals surface area (Å²) in [6.45, 7) is 4.53. The molecule has 0 amide bonds. The van der Waals surface area contributed by atoms with Gasteiger partial charge in [-0.15, -0.1) is 12.4 Å². The Morgan fingerprint density at radius 1 is 1.33 bits per heavy atom. The Balaban J connectivity index is 0.00000162. The molecule has 102 valence electrons. The number of methoxy groups -OCH3 is 1. The van der Waals surface area contributed by atoms with E-state index in [0.717, 1.165) is 18.6 Å². The van der Waals surface area contributed by atoms with Gasteiger partial charge in [-0.1, -0.05) is 12.1 Å². The monoisotopic (exact) mass is 269 g/mol. The molecule has 2 rings (SSSR count). The van der Waals surface area contributed by atoms with Crippen molar-refractivity contribution in [2.24, 2.45) is 0 Å². The highest BCUT2D eigenvalue weighted by Gasteiger charge is 2.24. The van der Waals surface area contributed by atoms with Gasteiger partial charge in [0.15, 0.2) is 0 Å². The first-order valence-corrected chi connectivity index (χ1v) is 6.50. The van der Waals surface area contributed by atoms with Crippen LogP contribution in [0.4, 0.5) is 0 Å². The van der Waals surface area contributed by atoms with Crippen molar-refractivity contribution in [2.45, 2.75) is 45.2 Å². The fourth-order valence-electron chi connectivity index (χ4n) is 2.71. The zero-order valence-corrected chi connectivity index (χ0v) is 12.6. The first-order chi connectivity index (χ1) is 8.13. The molecule has 0 radical (unpaired) electrons. The first kappa shape index (κ1) is 15.3. The average molecular weight is 270 g/mol. The largest absolute Gasteiger partial charge is 0.496 e. The molecule has 0 N–H and O–H groups in total. The van der Waals surface area contributed by atoms with Gasteiger partial charge in [0.1, 0.15) is 5.75 Å². The summed E-state index contributed by atoms with van der Waals surface area (Å²) in [4.78, 5) is 2.49. The fraction of sp³-hybridized carbons (Fsp3) is 0.600. The van der Waals surface area contributed by atoms with Gasteiger partial charge >= 0.3 is 0 Å². The Bertz CT molecular complexity index is 392. The van der Waals surface area contributed by atoms with Crippen LogP contribution in [0.2, 0.25) is 0 Å². The normalized spacial score (nSPS) is 18.4. The van der Waals surface area contributed by atoms with E-state index >= 15 is 0 Å². The van der Waals surface area contributed by atoms with E-state index < -0.39 is 0 Å². The quantitative estimate of drug-likeness (QED) is 0.835. The summed E-state index contributed by atoms with van der Waals surface area (Å²) in [7, 11) is 4.00. The number of hydrogen-bond acceptors (Lipinski definition) is 2. The number of fused-ring (bicyclic) bond motifs is 1. The lowest BCUT2D eigenvalue weighted by atomic mass is 9.86. The standard InChI is InChI=1S/C15H23NO.ClH/c1-11(2)16(3)13-8-9-14-12(10-13)6-5-7-15(14)17-4;/h5-7,11,13H,8-10H2,1-4H3;1H. The second-order valence-electron chi connectivity index (χ2n) is 5.25. The molecule has 1 unspecified atom stereocenters. The zero-order chi connectivity index (χ0) is 12.4. The van der Waals surface area contributed by atoms with Crippen LogP contribution in [0.15, 0.2) is 18.2 Å². The van der Waals surface area contributed by atoms with Crippen LogP contribution in [0.3, 0.4) is 0 Å². The molecular formula is C15H24ClNO. The lowest BCUT2D eigenvalue weighted by Gasteiger charge is -2.35. The van der Waals surface area contributed by atoms with E-state index in [1.807, 2.05) is 0 Å². The Hall–Kier alpha value is -0.730. The minimum absolute atomic E-state index is 0. The zero-order valence-electron chi connectivity index (χ0n) is 11.8. The Morgan fingerprint density at radius 2 is 2.06 bits per heavy atom. The summed E-state index contributed by atoms with van der Waals surface area (Å²) in [5, 5.41) is 0. The van der Waals surface area contributed by atoms with Crippen molar-refractivity contribution in [3.8, 4) is 5.75 Å². The molecule has 0 heterocycles. The topological polar surface area (TPSA) is 12.5 Å². The van der Waals surface area contributed by atoms with Gasteiger partial charge < -0.3 is 9.64 Å². The average Bonchev–Trinajstić information content (AvgIpc) is 2.36. The third-order valence-electron chi connectivity index (χ3n) is 4.02. The van der Waals surface area contributed by atoms with Crippen LogP contribution in [0.1, 0.15) is 31.4 Å². The van der Waals surface area contributed by atoms with E-state index in [1.54, 1.807) is 7.11 Å². The van der Waals surface area contributed by atoms with Crippen molar-refractivity contribution in [1.29, 1.82) is 0 Å². The van der Waals surface area contributed by atoms with E-state index in [2.05, 4.69) is 44.0 Å². The molecule has 1 aromatic rings. The molecule has 0 fully saturated rings. The number of nitrogens with zero attached hydrogens (tertiary/aromatic N) is 1. The van der Waals surface area contributed by atoms with Gasteiger partial charge in [-0.05, 0) is 57.4 Å². The van der Waals surface area contributed by atoms with Crippen LogP contribution >= 0.6 is 12.4 Å². The summed E-state index contributed by atoms with van der Waals surface area (Å²) in [5.41, 5.74) is 2.89. The van der Waals surface area contributed by atoms with Crippen molar-refractivity contribution in [3.05, 3.63) is 29.3 Å². The predicted molar refractivity (Wildman–Crippen MR) is 79.0 cm³/mol. The van der Waals surface area contributed by atoms with E-state index in [-0.39, 0.29) is 12.4 Å². The molecule has 1 aliphatic carbocycles. The highest BCUT2D eigenvalue weighted by Crippen LogP contribution is 2.31. The van der Waals surface area contributed by atoms with Crippen molar-refractivity contribution >= 4 is 12.4 Å². The Morgan fingerprint density at radius 3 is 2.67 bits per heavy atom. The third-order valence-corrected chi connectivity index (χ3v) is 4.02. The fourth-order valence-corrected chi connectivity index (χ4v) is 2.71. The number of likely N-dealkylation sites (N-methyl/N-ethyl adjacent to an activating group) is 1. The molecule has 3 heteroatoms. The van der Waals surface area contributed by atoms with Gasteiger partial charge in [-0.25, -0.2) is 0 Å². The van der Waals surface area contributed by atoms with E-state index in [0.29, 0.717) is 12.1 Å². The van der Waals surface area contributed by atoms with Crippen LogP contribution in [0.5, 0.6) is 5.75 Å².